The van der Waals surface area contributed by atoms with Crippen molar-refractivity contribution in [1.29, 1.82) is 0 Å². The maximum atomic E-state index is 13.6. The lowest BCUT2D eigenvalue weighted by Gasteiger charge is -2.34. The number of rotatable bonds is 4. The van der Waals surface area contributed by atoms with Gasteiger partial charge >= 0.3 is 6.03 Å². The molecule has 0 aromatic heterocycles. The summed E-state index contributed by atoms with van der Waals surface area (Å²) < 4.78 is 13.6. The zero-order chi connectivity index (χ0) is 19.2. The molecule has 1 fully saturated rings. The van der Waals surface area contributed by atoms with Gasteiger partial charge in [0, 0.05) is 38.3 Å². The summed E-state index contributed by atoms with van der Waals surface area (Å²) in [7, 11) is 0. The van der Waals surface area contributed by atoms with Gasteiger partial charge in [0.2, 0.25) is 0 Å². The minimum atomic E-state index is -0.270. The molecule has 0 radical (unpaired) electrons. The summed E-state index contributed by atoms with van der Waals surface area (Å²) in [5, 5.41) is 12.1. The van der Waals surface area contributed by atoms with Gasteiger partial charge in [0.25, 0.3) is 5.91 Å². The molecule has 142 valence electrons. The minimum Gasteiger partial charge on any atom is -0.508 e. The number of nitrogens with one attached hydrogen (secondary N) is 1. The van der Waals surface area contributed by atoms with Crippen LogP contribution in [0, 0.1) is 5.82 Å². The standard InChI is InChI=1S/C20H22FN3O3/c21-18-4-2-1-3-15(18)9-10-22-20(27)24-13-11-23(12-14-24)19(26)16-5-7-17(25)8-6-16/h1-8,25H,9-14H2,(H,22,27). The van der Waals surface area contributed by atoms with Gasteiger partial charge in [-0.05, 0) is 42.3 Å². The third-order valence-corrected chi connectivity index (χ3v) is 4.60. The van der Waals surface area contributed by atoms with Crippen LogP contribution in [0.15, 0.2) is 48.5 Å². The Kier molecular flexibility index (Phi) is 5.90. The molecule has 2 aromatic carbocycles. The monoisotopic (exact) mass is 371 g/mol. The highest BCUT2D eigenvalue weighted by molar-refractivity contribution is 5.94. The number of benzene rings is 2. The van der Waals surface area contributed by atoms with Crippen molar-refractivity contribution in [2.45, 2.75) is 6.42 Å². The predicted octanol–water partition coefficient (Wildman–Crippen LogP) is 2.24. The fourth-order valence-electron chi connectivity index (χ4n) is 3.02. The zero-order valence-electron chi connectivity index (χ0n) is 14.9. The van der Waals surface area contributed by atoms with E-state index in [1.54, 1.807) is 40.1 Å². The molecule has 1 heterocycles. The quantitative estimate of drug-likeness (QED) is 0.866. The Labute approximate surface area is 157 Å². The van der Waals surface area contributed by atoms with Gasteiger partial charge in [0.15, 0.2) is 0 Å². The molecule has 1 saturated heterocycles. The molecule has 0 aliphatic carbocycles. The number of aromatic hydroxyl groups is 1. The number of nitrogens with zero attached hydrogens (tertiary/aromatic N) is 2. The van der Waals surface area contributed by atoms with Crippen molar-refractivity contribution >= 4 is 11.9 Å². The molecular formula is C20H22FN3O3. The van der Waals surface area contributed by atoms with Gasteiger partial charge in [-0.25, -0.2) is 9.18 Å². The number of piperazine rings is 1. The minimum absolute atomic E-state index is 0.114. The van der Waals surface area contributed by atoms with Crippen LogP contribution in [0.1, 0.15) is 15.9 Å². The molecule has 6 nitrogen and oxygen atoms in total. The number of hydrogen-bond donors (Lipinski definition) is 2. The summed E-state index contributed by atoms with van der Waals surface area (Å²) in [5.41, 5.74) is 1.08. The first-order chi connectivity index (χ1) is 13.0. The Morgan fingerprint density at radius 2 is 1.59 bits per heavy atom. The number of urea groups is 1. The topological polar surface area (TPSA) is 72.9 Å². The predicted molar refractivity (Wildman–Crippen MR) is 99.1 cm³/mol. The molecule has 0 bridgehead atoms. The lowest BCUT2D eigenvalue weighted by Crippen LogP contribution is -2.53. The molecule has 1 aliphatic heterocycles. The molecule has 0 atom stereocenters. The van der Waals surface area contributed by atoms with Crippen LogP contribution in [-0.2, 0) is 6.42 Å². The molecule has 0 unspecified atom stereocenters. The molecule has 2 aromatic rings. The fourth-order valence-corrected chi connectivity index (χ4v) is 3.02. The van der Waals surface area contributed by atoms with E-state index in [2.05, 4.69) is 5.32 Å². The molecule has 3 rings (SSSR count). The van der Waals surface area contributed by atoms with Crippen molar-refractivity contribution in [3.8, 4) is 5.75 Å². The molecule has 7 heteroatoms. The Bertz CT molecular complexity index is 802. The van der Waals surface area contributed by atoms with Crippen LogP contribution in [0.5, 0.6) is 5.75 Å². The van der Waals surface area contributed by atoms with Crippen LogP contribution in [0.3, 0.4) is 0 Å². The first-order valence-corrected chi connectivity index (χ1v) is 8.89. The fraction of sp³-hybridized carbons (Fsp3) is 0.300. The van der Waals surface area contributed by atoms with E-state index in [0.29, 0.717) is 50.3 Å². The highest BCUT2D eigenvalue weighted by Gasteiger charge is 2.24. The van der Waals surface area contributed by atoms with Crippen molar-refractivity contribution in [1.82, 2.24) is 15.1 Å². The molecule has 0 spiro atoms. The van der Waals surface area contributed by atoms with Gasteiger partial charge in [-0.3, -0.25) is 4.79 Å². The van der Waals surface area contributed by atoms with Gasteiger partial charge in [0.05, 0.1) is 0 Å². The van der Waals surface area contributed by atoms with Gasteiger partial charge in [-0.2, -0.15) is 0 Å². The summed E-state index contributed by atoms with van der Waals surface area (Å²) >= 11 is 0. The summed E-state index contributed by atoms with van der Waals surface area (Å²) in [6.07, 6.45) is 0.428. The van der Waals surface area contributed by atoms with E-state index in [-0.39, 0.29) is 23.5 Å². The van der Waals surface area contributed by atoms with Crippen molar-refractivity contribution in [2.75, 3.05) is 32.7 Å². The second-order valence-corrected chi connectivity index (χ2v) is 6.40. The molecule has 3 amide bonds. The van der Waals surface area contributed by atoms with Crippen molar-refractivity contribution in [3.63, 3.8) is 0 Å². The van der Waals surface area contributed by atoms with Crippen LogP contribution in [0.4, 0.5) is 9.18 Å². The van der Waals surface area contributed by atoms with Crippen LogP contribution in [-0.4, -0.2) is 59.6 Å². The van der Waals surface area contributed by atoms with E-state index < -0.39 is 0 Å². The second kappa shape index (κ2) is 8.53. The van der Waals surface area contributed by atoms with Gasteiger partial charge in [0.1, 0.15) is 11.6 Å². The molecular weight excluding hydrogens is 349 g/mol. The Hall–Kier alpha value is -3.09. The average Bonchev–Trinajstić information content (AvgIpc) is 2.69. The third kappa shape index (κ3) is 4.75. The number of carbonyl (C=O) groups is 2. The van der Waals surface area contributed by atoms with Crippen LogP contribution >= 0.6 is 0 Å². The SMILES string of the molecule is O=C(NCCc1ccccc1F)N1CCN(C(=O)c2ccc(O)cc2)CC1. The van der Waals surface area contributed by atoms with Gasteiger partial charge in [-0.15, -0.1) is 0 Å². The van der Waals surface area contributed by atoms with Crippen LogP contribution in [0.25, 0.3) is 0 Å². The van der Waals surface area contributed by atoms with E-state index >= 15 is 0 Å². The number of hydrogen-bond acceptors (Lipinski definition) is 3. The van der Waals surface area contributed by atoms with E-state index in [0.717, 1.165) is 0 Å². The first-order valence-electron chi connectivity index (χ1n) is 8.89. The third-order valence-electron chi connectivity index (χ3n) is 4.60. The number of halogens is 1. The van der Waals surface area contributed by atoms with Crippen LogP contribution in [0.2, 0.25) is 0 Å². The Balaban J connectivity index is 1.44. The summed E-state index contributed by atoms with van der Waals surface area (Å²) in [6.45, 7) is 2.12. The first kappa shape index (κ1) is 18.7. The van der Waals surface area contributed by atoms with E-state index in [4.69, 9.17) is 0 Å². The van der Waals surface area contributed by atoms with E-state index in [1.165, 1.54) is 18.2 Å². The normalized spacial score (nSPS) is 14.1. The second-order valence-electron chi connectivity index (χ2n) is 6.40. The number of carbonyl (C=O) groups excluding carboxylic acids is 2. The molecule has 0 saturated carbocycles. The van der Waals surface area contributed by atoms with Crippen molar-refractivity contribution < 1.29 is 19.1 Å². The number of phenolic OH excluding ortho intramolecular Hbond substituents is 1. The Morgan fingerprint density at radius 3 is 2.26 bits per heavy atom. The smallest absolute Gasteiger partial charge is 0.317 e. The Morgan fingerprint density at radius 1 is 0.963 bits per heavy atom. The van der Waals surface area contributed by atoms with Gasteiger partial charge in [-0.1, -0.05) is 18.2 Å². The molecule has 1 aliphatic rings. The van der Waals surface area contributed by atoms with Crippen molar-refractivity contribution in [2.24, 2.45) is 0 Å². The molecule has 2 N–H and O–H groups in total. The van der Waals surface area contributed by atoms with Gasteiger partial charge < -0.3 is 20.2 Å². The maximum Gasteiger partial charge on any atom is 0.317 e. The highest BCUT2D eigenvalue weighted by Crippen LogP contribution is 2.13. The largest absolute Gasteiger partial charge is 0.508 e. The van der Waals surface area contributed by atoms with E-state index in [9.17, 15) is 19.1 Å². The lowest BCUT2D eigenvalue weighted by molar-refractivity contribution is 0.0665. The summed E-state index contributed by atoms with van der Waals surface area (Å²) in [5.74, 6) is -0.272. The van der Waals surface area contributed by atoms with Crippen molar-refractivity contribution in [3.05, 3.63) is 65.5 Å². The molecule has 27 heavy (non-hydrogen) atoms. The number of phenols is 1. The van der Waals surface area contributed by atoms with E-state index in [1.807, 2.05) is 0 Å². The zero-order valence-corrected chi connectivity index (χ0v) is 14.9. The summed E-state index contributed by atoms with van der Waals surface area (Å²) in [6, 6.07) is 12.4. The number of amides is 3. The van der Waals surface area contributed by atoms with Crippen LogP contribution < -0.4 is 5.32 Å². The summed E-state index contributed by atoms with van der Waals surface area (Å²) in [4.78, 5) is 28.0. The maximum absolute atomic E-state index is 13.6. The highest BCUT2D eigenvalue weighted by atomic mass is 19.1. The lowest BCUT2D eigenvalue weighted by atomic mass is 10.1. The average molecular weight is 371 g/mol.